The zero-order valence-electron chi connectivity index (χ0n) is 12.5. The van der Waals surface area contributed by atoms with Crippen LogP contribution in [0.1, 0.15) is 91.4 Å². The predicted molar refractivity (Wildman–Crippen MR) is 78.3 cm³/mol. The maximum absolute atomic E-state index is 2.39. The van der Waals surface area contributed by atoms with Gasteiger partial charge in [-0.25, -0.2) is 0 Å². The van der Waals surface area contributed by atoms with Gasteiger partial charge in [0.05, 0.1) is 0 Å². The van der Waals surface area contributed by atoms with Crippen LogP contribution in [0.25, 0.3) is 0 Å². The summed E-state index contributed by atoms with van der Waals surface area (Å²) in [7, 11) is 0. The minimum absolute atomic E-state index is 1.04. The smallest absolute Gasteiger partial charge is 0.0409 e. The molecule has 0 N–H and O–H groups in total. The zero-order valence-corrected chi connectivity index (χ0v) is 12.5. The molecule has 17 heavy (non-hydrogen) atoms. The van der Waals surface area contributed by atoms with Crippen LogP contribution in [0, 0.1) is 17.8 Å². The molecule has 1 saturated carbocycles. The van der Waals surface area contributed by atoms with Gasteiger partial charge >= 0.3 is 0 Å². The SMILES string of the molecule is CCCCC[C@@H]1CC[C@H](CC)C[C@H](CCC)C1. The van der Waals surface area contributed by atoms with Crippen LogP contribution in [-0.4, -0.2) is 0 Å². The lowest BCUT2D eigenvalue weighted by atomic mass is 9.86. The summed E-state index contributed by atoms with van der Waals surface area (Å²) in [5.74, 6) is 3.16. The summed E-state index contributed by atoms with van der Waals surface area (Å²) < 4.78 is 0. The summed E-state index contributed by atoms with van der Waals surface area (Å²) in [6, 6.07) is 0. The number of hydrogen-bond donors (Lipinski definition) is 0. The topological polar surface area (TPSA) is 0 Å². The number of rotatable bonds is 7. The molecule has 0 nitrogen and oxygen atoms in total. The van der Waals surface area contributed by atoms with Gasteiger partial charge in [0.1, 0.15) is 0 Å². The van der Waals surface area contributed by atoms with Crippen LogP contribution in [0.4, 0.5) is 0 Å². The van der Waals surface area contributed by atoms with Gasteiger partial charge in [-0.05, 0) is 30.6 Å². The highest BCUT2D eigenvalue weighted by molar-refractivity contribution is 4.76. The molecule has 0 saturated heterocycles. The summed E-state index contributed by atoms with van der Waals surface area (Å²) in [4.78, 5) is 0. The van der Waals surface area contributed by atoms with E-state index >= 15 is 0 Å². The summed E-state index contributed by atoms with van der Waals surface area (Å²) in [6.07, 6.45) is 16.3. The van der Waals surface area contributed by atoms with Crippen molar-refractivity contribution in [3.63, 3.8) is 0 Å². The maximum atomic E-state index is 2.39. The van der Waals surface area contributed by atoms with Crippen LogP contribution >= 0.6 is 0 Å². The van der Waals surface area contributed by atoms with Gasteiger partial charge in [-0.1, -0.05) is 78.6 Å². The van der Waals surface area contributed by atoms with E-state index in [1.165, 1.54) is 64.2 Å². The minimum Gasteiger partial charge on any atom is -0.0654 e. The molecule has 0 aromatic carbocycles. The van der Waals surface area contributed by atoms with Crippen LogP contribution in [-0.2, 0) is 0 Å². The van der Waals surface area contributed by atoms with Crippen molar-refractivity contribution >= 4 is 0 Å². The first-order valence-electron chi connectivity index (χ1n) is 8.30. The third kappa shape index (κ3) is 5.93. The Hall–Kier alpha value is 0. The molecule has 0 aromatic heterocycles. The zero-order chi connectivity index (χ0) is 12.5. The van der Waals surface area contributed by atoms with Crippen molar-refractivity contribution < 1.29 is 0 Å². The van der Waals surface area contributed by atoms with Crippen LogP contribution in [0.5, 0.6) is 0 Å². The van der Waals surface area contributed by atoms with Crippen molar-refractivity contribution in [3.8, 4) is 0 Å². The monoisotopic (exact) mass is 238 g/mol. The summed E-state index contributed by atoms with van der Waals surface area (Å²) in [5, 5.41) is 0. The van der Waals surface area contributed by atoms with Crippen LogP contribution < -0.4 is 0 Å². The third-order valence-corrected chi connectivity index (χ3v) is 4.81. The summed E-state index contributed by atoms with van der Waals surface area (Å²) in [5.41, 5.74) is 0. The maximum Gasteiger partial charge on any atom is -0.0409 e. The highest BCUT2D eigenvalue weighted by Crippen LogP contribution is 2.37. The van der Waals surface area contributed by atoms with Gasteiger partial charge < -0.3 is 0 Å². The van der Waals surface area contributed by atoms with Gasteiger partial charge in [0.15, 0.2) is 0 Å². The van der Waals surface area contributed by atoms with E-state index in [2.05, 4.69) is 20.8 Å². The van der Waals surface area contributed by atoms with Gasteiger partial charge in [0, 0.05) is 0 Å². The van der Waals surface area contributed by atoms with Gasteiger partial charge in [-0.3, -0.25) is 0 Å². The second-order valence-electron chi connectivity index (χ2n) is 6.34. The van der Waals surface area contributed by atoms with E-state index in [1.54, 1.807) is 6.42 Å². The van der Waals surface area contributed by atoms with Crippen molar-refractivity contribution in [1.29, 1.82) is 0 Å². The van der Waals surface area contributed by atoms with Crippen molar-refractivity contribution in [3.05, 3.63) is 0 Å². The van der Waals surface area contributed by atoms with E-state index in [9.17, 15) is 0 Å². The van der Waals surface area contributed by atoms with Gasteiger partial charge in [0.25, 0.3) is 0 Å². The van der Waals surface area contributed by atoms with E-state index in [0.29, 0.717) is 0 Å². The number of unbranched alkanes of at least 4 members (excludes halogenated alkanes) is 2. The molecule has 0 heterocycles. The standard InChI is InChI=1S/C17H34/c1-4-7-8-10-16-12-11-15(6-3)13-17(14-16)9-5-2/h15-17H,4-14H2,1-3H3/t15-,16+,17-/m0/s1. The highest BCUT2D eigenvalue weighted by atomic mass is 14.3. The average Bonchev–Trinajstić information content (AvgIpc) is 2.52. The fourth-order valence-corrected chi connectivity index (χ4v) is 3.71. The fourth-order valence-electron chi connectivity index (χ4n) is 3.71. The molecule has 0 unspecified atom stereocenters. The molecule has 0 aliphatic heterocycles. The molecular formula is C17H34. The molecule has 0 spiro atoms. The minimum atomic E-state index is 1.04. The van der Waals surface area contributed by atoms with E-state index < -0.39 is 0 Å². The lowest BCUT2D eigenvalue weighted by Gasteiger charge is -2.20. The summed E-state index contributed by atoms with van der Waals surface area (Å²) >= 11 is 0. The molecule has 0 bridgehead atoms. The Balaban J connectivity index is 2.38. The molecule has 0 radical (unpaired) electrons. The Morgan fingerprint density at radius 1 is 0.706 bits per heavy atom. The van der Waals surface area contributed by atoms with Gasteiger partial charge in [0.2, 0.25) is 0 Å². The molecule has 1 aliphatic rings. The van der Waals surface area contributed by atoms with Crippen LogP contribution in [0.3, 0.4) is 0 Å². The van der Waals surface area contributed by atoms with E-state index in [0.717, 1.165) is 17.8 Å². The van der Waals surface area contributed by atoms with E-state index in [1.807, 2.05) is 0 Å². The Labute approximate surface area is 110 Å². The molecule has 1 fully saturated rings. The second-order valence-corrected chi connectivity index (χ2v) is 6.34. The molecule has 0 aromatic rings. The molecule has 3 atom stereocenters. The van der Waals surface area contributed by atoms with Gasteiger partial charge in [-0.2, -0.15) is 0 Å². The van der Waals surface area contributed by atoms with E-state index in [-0.39, 0.29) is 0 Å². The average molecular weight is 238 g/mol. The molecule has 0 heteroatoms. The molecule has 1 aliphatic carbocycles. The van der Waals surface area contributed by atoms with Gasteiger partial charge in [-0.15, -0.1) is 0 Å². The van der Waals surface area contributed by atoms with Crippen molar-refractivity contribution in [1.82, 2.24) is 0 Å². The Kier molecular flexibility index (Phi) is 7.97. The largest absolute Gasteiger partial charge is 0.0654 e. The molecule has 0 amide bonds. The quantitative estimate of drug-likeness (QED) is 0.366. The molecule has 1 rings (SSSR count). The first-order valence-corrected chi connectivity index (χ1v) is 8.30. The highest BCUT2D eigenvalue weighted by Gasteiger charge is 2.24. The van der Waals surface area contributed by atoms with Crippen molar-refractivity contribution in [2.75, 3.05) is 0 Å². The second kappa shape index (κ2) is 9.00. The first-order chi connectivity index (χ1) is 8.30. The van der Waals surface area contributed by atoms with Crippen molar-refractivity contribution in [2.24, 2.45) is 17.8 Å². The van der Waals surface area contributed by atoms with Crippen molar-refractivity contribution in [2.45, 2.75) is 91.4 Å². The van der Waals surface area contributed by atoms with E-state index in [4.69, 9.17) is 0 Å². The Bertz CT molecular complexity index is 173. The van der Waals surface area contributed by atoms with Crippen LogP contribution in [0.2, 0.25) is 0 Å². The lowest BCUT2D eigenvalue weighted by Crippen LogP contribution is -2.07. The predicted octanol–water partition coefficient (Wildman–Crippen LogP) is 6.20. The molecule has 102 valence electrons. The Morgan fingerprint density at radius 3 is 2.06 bits per heavy atom. The van der Waals surface area contributed by atoms with Crippen LogP contribution in [0.15, 0.2) is 0 Å². The normalized spacial score (nSPS) is 30.2. The third-order valence-electron chi connectivity index (χ3n) is 4.81. The first kappa shape index (κ1) is 15.1. The summed E-state index contributed by atoms with van der Waals surface area (Å²) in [6.45, 7) is 7.07. The molecular weight excluding hydrogens is 204 g/mol. The number of hydrogen-bond acceptors (Lipinski definition) is 0. The Morgan fingerprint density at radius 2 is 1.41 bits per heavy atom. The fraction of sp³-hybridized carbons (Fsp3) is 1.00. The lowest BCUT2D eigenvalue weighted by molar-refractivity contribution is 0.319.